The molecule has 1 aromatic carbocycles. The number of rotatable bonds is 16. The molecule has 202 valence electrons. The van der Waals surface area contributed by atoms with Crippen LogP contribution in [0.4, 0.5) is 0 Å². The molecule has 4 N–H and O–H groups in total. The van der Waals surface area contributed by atoms with Crippen LogP contribution in [0.5, 0.6) is 0 Å². The summed E-state index contributed by atoms with van der Waals surface area (Å²) < 4.78 is 7.52. The van der Waals surface area contributed by atoms with Crippen LogP contribution in [-0.2, 0) is 22.5 Å². The Bertz CT molecular complexity index is 950. The summed E-state index contributed by atoms with van der Waals surface area (Å²) in [5, 5.41) is 15.4. The van der Waals surface area contributed by atoms with Gasteiger partial charge in [-0.1, -0.05) is 39.8 Å². The molecule has 1 aromatic heterocycles. The molecule has 0 aliphatic heterocycles. The monoisotopic (exact) mass is 499 g/mol. The highest BCUT2D eigenvalue weighted by Crippen LogP contribution is 2.29. The zero-order valence-corrected chi connectivity index (χ0v) is 23.1. The summed E-state index contributed by atoms with van der Waals surface area (Å²) in [5.41, 5.74) is 9.12. The van der Waals surface area contributed by atoms with Crippen molar-refractivity contribution >= 4 is 16.8 Å². The van der Waals surface area contributed by atoms with E-state index in [1.165, 1.54) is 29.3 Å². The quantitative estimate of drug-likeness (QED) is 0.291. The van der Waals surface area contributed by atoms with Crippen LogP contribution in [0.1, 0.15) is 65.4 Å². The molecule has 1 aliphatic carbocycles. The number of aromatic nitrogens is 1. The van der Waals surface area contributed by atoms with Gasteiger partial charge in [0.05, 0.1) is 6.10 Å². The molecule has 0 bridgehead atoms. The van der Waals surface area contributed by atoms with Gasteiger partial charge in [-0.3, -0.25) is 4.79 Å². The number of ether oxygens (including phenoxy) is 1. The van der Waals surface area contributed by atoms with Gasteiger partial charge in [-0.25, -0.2) is 0 Å². The van der Waals surface area contributed by atoms with E-state index in [1.807, 2.05) is 0 Å². The molecule has 0 spiro atoms. The van der Waals surface area contributed by atoms with Gasteiger partial charge in [-0.15, -0.1) is 0 Å². The zero-order chi connectivity index (χ0) is 26.2. The maximum Gasteiger partial charge on any atom is 0.223 e. The number of amides is 1. The SMILES string of the molecule is COCCCn1ccc2ccc(C[C@@H](C[C@H](N)[C@@H](O)C[C@H](C(=O)NCC3CC3)C(C)C)C(C)C)cc21. The molecule has 1 fully saturated rings. The first-order chi connectivity index (χ1) is 17.2. The molecule has 1 saturated carbocycles. The van der Waals surface area contributed by atoms with Crippen molar-refractivity contribution in [2.24, 2.45) is 35.3 Å². The van der Waals surface area contributed by atoms with Crippen LogP contribution in [0.3, 0.4) is 0 Å². The number of aliphatic hydroxyl groups is 1. The molecular formula is C30H49N3O3. The van der Waals surface area contributed by atoms with Gasteiger partial charge in [0.15, 0.2) is 0 Å². The Kier molecular flexibility index (Phi) is 10.8. The highest BCUT2D eigenvalue weighted by atomic mass is 16.5. The average Bonchev–Trinajstić information content (AvgIpc) is 3.59. The minimum absolute atomic E-state index is 0.0605. The fraction of sp³-hybridized carbons (Fsp3) is 0.700. The smallest absolute Gasteiger partial charge is 0.223 e. The lowest BCUT2D eigenvalue weighted by atomic mass is 9.80. The second-order valence-corrected chi connectivity index (χ2v) is 11.7. The number of hydrogen-bond donors (Lipinski definition) is 3. The fourth-order valence-electron chi connectivity index (χ4n) is 5.15. The fourth-order valence-corrected chi connectivity index (χ4v) is 5.15. The van der Waals surface area contributed by atoms with E-state index in [2.05, 4.69) is 68.0 Å². The van der Waals surface area contributed by atoms with E-state index in [1.54, 1.807) is 7.11 Å². The molecule has 36 heavy (non-hydrogen) atoms. The van der Waals surface area contributed by atoms with Gasteiger partial charge in [0, 0.05) is 50.5 Å². The van der Waals surface area contributed by atoms with Crippen molar-refractivity contribution in [2.75, 3.05) is 20.3 Å². The van der Waals surface area contributed by atoms with Gasteiger partial charge >= 0.3 is 0 Å². The molecule has 0 radical (unpaired) electrons. The van der Waals surface area contributed by atoms with Gasteiger partial charge in [-0.05, 0) is 85.3 Å². The Labute approximate surface area is 218 Å². The maximum absolute atomic E-state index is 12.8. The van der Waals surface area contributed by atoms with Crippen LogP contribution in [0.25, 0.3) is 10.9 Å². The molecule has 1 heterocycles. The summed E-state index contributed by atoms with van der Waals surface area (Å²) in [4.78, 5) is 12.8. The van der Waals surface area contributed by atoms with Crippen LogP contribution in [0.15, 0.2) is 30.5 Å². The first-order valence-corrected chi connectivity index (χ1v) is 14.0. The van der Waals surface area contributed by atoms with Crippen molar-refractivity contribution in [1.82, 2.24) is 9.88 Å². The summed E-state index contributed by atoms with van der Waals surface area (Å²) in [6, 6.07) is 8.55. The number of nitrogens with one attached hydrogen (secondary N) is 1. The highest BCUT2D eigenvalue weighted by molar-refractivity contribution is 5.81. The number of aryl methyl sites for hydroxylation is 1. The van der Waals surface area contributed by atoms with Crippen LogP contribution in [-0.4, -0.2) is 48.0 Å². The number of aliphatic hydroxyl groups excluding tert-OH is 1. The van der Waals surface area contributed by atoms with Gasteiger partial charge in [0.25, 0.3) is 0 Å². The maximum atomic E-state index is 12.8. The van der Waals surface area contributed by atoms with Crippen molar-refractivity contribution < 1.29 is 14.6 Å². The predicted octanol–water partition coefficient (Wildman–Crippen LogP) is 4.76. The molecular weight excluding hydrogens is 450 g/mol. The molecule has 1 aliphatic rings. The van der Waals surface area contributed by atoms with Gasteiger partial charge in [0.1, 0.15) is 0 Å². The largest absolute Gasteiger partial charge is 0.391 e. The number of methoxy groups -OCH3 is 1. The third-order valence-corrected chi connectivity index (χ3v) is 7.99. The molecule has 3 rings (SSSR count). The first-order valence-electron chi connectivity index (χ1n) is 14.0. The second kappa shape index (κ2) is 13.6. The standard InChI is InChI=1S/C30H49N3O3/c1-20(2)25(15-23-9-10-24-11-13-33(28(24)16-23)12-6-14-36-5)17-27(31)29(34)18-26(21(3)4)30(35)32-19-22-7-8-22/h9-11,13,16,20-22,25-27,29,34H,6-8,12,14-15,17-19,31H2,1-5H3,(H,32,35)/t25-,26-,27-,29-/m0/s1. The molecule has 4 atom stereocenters. The topological polar surface area (TPSA) is 89.5 Å². The lowest BCUT2D eigenvalue weighted by Crippen LogP contribution is -2.43. The molecule has 2 aromatic rings. The molecule has 6 heteroatoms. The van der Waals surface area contributed by atoms with Gasteiger partial charge in [-0.2, -0.15) is 0 Å². The van der Waals surface area contributed by atoms with Crippen molar-refractivity contribution in [3.8, 4) is 0 Å². The lowest BCUT2D eigenvalue weighted by Gasteiger charge is -2.30. The summed E-state index contributed by atoms with van der Waals surface area (Å²) in [6.45, 7) is 11.0. The van der Waals surface area contributed by atoms with E-state index >= 15 is 0 Å². The summed E-state index contributed by atoms with van der Waals surface area (Å²) in [5.74, 6) is 1.45. The molecule has 1 amide bonds. The highest BCUT2D eigenvalue weighted by Gasteiger charge is 2.31. The van der Waals surface area contributed by atoms with E-state index in [0.29, 0.717) is 24.2 Å². The van der Waals surface area contributed by atoms with Crippen molar-refractivity contribution in [3.05, 3.63) is 36.0 Å². The van der Waals surface area contributed by atoms with Crippen molar-refractivity contribution in [1.29, 1.82) is 0 Å². The van der Waals surface area contributed by atoms with Gasteiger partial charge < -0.3 is 25.5 Å². The number of carbonyl (C=O) groups is 1. The van der Waals surface area contributed by atoms with E-state index in [0.717, 1.165) is 39.0 Å². The summed E-state index contributed by atoms with van der Waals surface area (Å²) >= 11 is 0. The van der Waals surface area contributed by atoms with Gasteiger partial charge in [0.2, 0.25) is 5.91 Å². The predicted molar refractivity (Wildman–Crippen MR) is 148 cm³/mol. The van der Waals surface area contributed by atoms with Crippen molar-refractivity contribution in [2.45, 2.75) is 84.9 Å². The average molecular weight is 500 g/mol. The third kappa shape index (κ3) is 8.32. The second-order valence-electron chi connectivity index (χ2n) is 11.7. The Hall–Kier alpha value is -1.89. The first kappa shape index (κ1) is 28.7. The Morgan fingerprint density at radius 1 is 1.17 bits per heavy atom. The van der Waals surface area contributed by atoms with E-state index in [9.17, 15) is 9.90 Å². The molecule has 0 saturated heterocycles. The van der Waals surface area contributed by atoms with Crippen LogP contribution >= 0.6 is 0 Å². The number of benzene rings is 1. The Balaban J connectivity index is 1.61. The zero-order valence-electron chi connectivity index (χ0n) is 23.1. The summed E-state index contributed by atoms with van der Waals surface area (Å²) in [7, 11) is 1.74. The van der Waals surface area contributed by atoms with E-state index in [4.69, 9.17) is 10.5 Å². The van der Waals surface area contributed by atoms with Crippen LogP contribution in [0, 0.1) is 29.6 Å². The minimum Gasteiger partial charge on any atom is -0.391 e. The lowest BCUT2D eigenvalue weighted by molar-refractivity contribution is -0.127. The number of nitrogens with two attached hydrogens (primary N) is 1. The number of nitrogens with zero attached hydrogens (tertiary/aromatic N) is 1. The van der Waals surface area contributed by atoms with Crippen LogP contribution in [0.2, 0.25) is 0 Å². The third-order valence-electron chi connectivity index (χ3n) is 7.99. The molecule has 0 unspecified atom stereocenters. The Morgan fingerprint density at radius 2 is 1.92 bits per heavy atom. The van der Waals surface area contributed by atoms with E-state index < -0.39 is 6.10 Å². The number of carbonyl (C=O) groups excluding carboxylic acids is 1. The Morgan fingerprint density at radius 3 is 2.56 bits per heavy atom. The minimum atomic E-state index is -0.689. The van der Waals surface area contributed by atoms with E-state index in [-0.39, 0.29) is 23.8 Å². The molecule has 6 nitrogen and oxygen atoms in total. The normalized spacial score (nSPS) is 17.5. The summed E-state index contributed by atoms with van der Waals surface area (Å²) in [6.07, 6.45) is 6.95. The number of hydrogen-bond acceptors (Lipinski definition) is 4. The number of fused-ring (bicyclic) bond motifs is 1. The van der Waals surface area contributed by atoms with Crippen LogP contribution < -0.4 is 11.1 Å². The van der Waals surface area contributed by atoms with Crippen molar-refractivity contribution in [3.63, 3.8) is 0 Å².